The Bertz CT molecular complexity index is 846. The molecule has 0 unspecified atom stereocenters. The quantitative estimate of drug-likeness (QED) is 0.300. The highest BCUT2D eigenvalue weighted by atomic mass is 16.4. The van der Waals surface area contributed by atoms with Gasteiger partial charge < -0.3 is 20.4 Å². The van der Waals surface area contributed by atoms with Gasteiger partial charge in [0, 0.05) is 6.42 Å². The molecule has 9 atom stereocenters. The van der Waals surface area contributed by atoms with E-state index < -0.39 is 17.7 Å². The van der Waals surface area contributed by atoms with Crippen LogP contribution in [0.15, 0.2) is 12.2 Å². The Morgan fingerprint density at radius 1 is 1.09 bits per heavy atom. The van der Waals surface area contributed by atoms with Gasteiger partial charge in [0.15, 0.2) is 0 Å². The summed E-state index contributed by atoms with van der Waals surface area (Å²) in [5.41, 5.74) is 0.520. The van der Waals surface area contributed by atoms with E-state index in [0.29, 0.717) is 30.6 Å². The molecule has 0 aromatic heterocycles. The molecule has 35 heavy (non-hydrogen) atoms. The first kappa shape index (κ1) is 27.1. The van der Waals surface area contributed by atoms with Gasteiger partial charge in [-0.05, 0) is 129 Å². The molecule has 5 heteroatoms. The third kappa shape index (κ3) is 3.94. The van der Waals surface area contributed by atoms with Crippen LogP contribution in [0.3, 0.4) is 0 Å². The Hall–Kier alpha value is -0.910. The van der Waals surface area contributed by atoms with Crippen molar-refractivity contribution in [3.63, 3.8) is 0 Å². The Morgan fingerprint density at radius 3 is 2.37 bits per heavy atom. The minimum absolute atomic E-state index is 0.00101. The lowest BCUT2D eigenvalue weighted by molar-refractivity contribution is -0.139. The van der Waals surface area contributed by atoms with Crippen molar-refractivity contribution in [3.8, 4) is 0 Å². The van der Waals surface area contributed by atoms with Gasteiger partial charge in [-0.2, -0.15) is 0 Å². The van der Waals surface area contributed by atoms with E-state index in [4.69, 9.17) is 0 Å². The average Bonchev–Trinajstić information content (AvgIpc) is 3.38. The van der Waals surface area contributed by atoms with Crippen molar-refractivity contribution in [2.24, 2.45) is 45.3 Å². The molecule has 1 spiro atoms. The summed E-state index contributed by atoms with van der Waals surface area (Å²) < 4.78 is 0. The van der Waals surface area contributed by atoms with Crippen LogP contribution in [0.2, 0.25) is 0 Å². The molecule has 5 nitrogen and oxygen atoms in total. The zero-order valence-corrected chi connectivity index (χ0v) is 22.8. The summed E-state index contributed by atoms with van der Waals surface area (Å²) in [6.45, 7) is 15.0. The smallest absolute Gasteiger partial charge is 0.303 e. The van der Waals surface area contributed by atoms with E-state index in [1.54, 1.807) is 13.8 Å². The standard InChI is InChI=1S/C30H50O5/c1-19(7-10-24(32)26(3,4)35)21-11-13-28(6)23-9-8-22(20(2)17-31)29(14-12-25(33)34)18-30(23,29)16-15-27(21,28)5/h19,21-24,31-32,35H,2,7-18H2,1,3-6H3,(H,33,34)/t19-,21-,22+,23+,24-,27-,28+,29-,30+/m1/s1. The Kier molecular flexibility index (Phi) is 6.85. The van der Waals surface area contributed by atoms with Gasteiger partial charge >= 0.3 is 5.97 Å². The maximum absolute atomic E-state index is 11.6. The molecule has 0 radical (unpaired) electrons. The van der Waals surface area contributed by atoms with Gasteiger partial charge in [-0.3, -0.25) is 4.79 Å². The molecule has 0 saturated heterocycles. The normalized spacial score (nSPS) is 44.1. The fourth-order valence-corrected chi connectivity index (χ4v) is 10.2. The number of hydrogen-bond acceptors (Lipinski definition) is 4. The monoisotopic (exact) mass is 490 g/mol. The number of fused-ring (bicyclic) bond motifs is 2. The summed E-state index contributed by atoms with van der Waals surface area (Å²) in [4.78, 5) is 11.6. The van der Waals surface area contributed by atoms with Gasteiger partial charge in [-0.25, -0.2) is 0 Å². The number of aliphatic carboxylic acids is 1. The first-order valence-electron chi connectivity index (χ1n) is 14.1. The molecule has 4 rings (SSSR count). The molecule has 4 aliphatic carbocycles. The Labute approximate surface area is 212 Å². The molecule has 4 fully saturated rings. The number of hydrogen-bond donors (Lipinski definition) is 4. The summed E-state index contributed by atoms with van der Waals surface area (Å²) in [7, 11) is 0. The van der Waals surface area contributed by atoms with E-state index in [-0.39, 0.29) is 40.6 Å². The van der Waals surface area contributed by atoms with Crippen LogP contribution < -0.4 is 0 Å². The largest absolute Gasteiger partial charge is 0.481 e. The van der Waals surface area contributed by atoms with Gasteiger partial charge in [-0.15, -0.1) is 0 Å². The fraction of sp³-hybridized carbons (Fsp3) is 0.900. The van der Waals surface area contributed by atoms with Gasteiger partial charge in [-0.1, -0.05) is 27.4 Å². The van der Waals surface area contributed by atoms with E-state index >= 15 is 0 Å². The molecule has 200 valence electrons. The van der Waals surface area contributed by atoms with Crippen molar-refractivity contribution in [1.82, 2.24) is 0 Å². The molecule has 0 heterocycles. The van der Waals surface area contributed by atoms with E-state index in [0.717, 1.165) is 37.7 Å². The molecule has 4 aliphatic rings. The minimum atomic E-state index is -1.06. The summed E-state index contributed by atoms with van der Waals surface area (Å²) >= 11 is 0. The highest BCUT2D eigenvalue weighted by Crippen LogP contribution is 2.87. The van der Waals surface area contributed by atoms with Crippen molar-refractivity contribution in [1.29, 1.82) is 0 Å². The number of aliphatic hydroxyl groups is 3. The lowest BCUT2D eigenvalue weighted by Crippen LogP contribution is -2.54. The van der Waals surface area contributed by atoms with Gasteiger partial charge in [0.05, 0.1) is 18.3 Å². The van der Waals surface area contributed by atoms with Crippen LogP contribution in [0.25, 0.3) is 0 Å². The second-order valence-electron chi connectivity index (χ2n) is 14.1. The molecular weight excluding hydrogens is 440 g/mol. The van der Waals surface area contributed by atoms with Crippen molar-refractivity contribution in [2.75, 3.05) is 6.61 Å². The predicted molar refractivity (Wildman–Crippen MR) is 138 cm³/mol. The lowest BCUT2D eigenvalue weighted by Gasteiger charge is -2.61. The SMILES string of the molecule is C=C(CO)[C@@H]1CC[C@@H]2[C@]3(CC[C@]4(C)[C@@H]([C@H](C)CC[C@@H](O)C(C)(C)O)CC[C@@]24C)C[C@]13CCC(=O)O. The molecule has 0 aliphatic heterocycles. The summed E-state index contributed by atoms with van der Waals surface area (Å²) in [5.74, 6) is 1.23. The van der Waals surface area contributed by atoms with Crippen LogP contribution in [-0.4, -0.2) is 44.7 Å². The van der Waals surface area contributed by atoms with Gasteiger partial charge in [0.1, 0.15) is 0 Å². The average molecular weight is 491 g/mol. The first-order valence-corrected chi connectivity index (χ1v) is 14.1. The third-order valence-corrected chi connectivity index (χ3v) is 12.4. The number of carboxylic acids is 1. The van der Waals surface area contributed by atoms with Crippen LogP contribution >= 0.6 is 0 Å². The molecule has 0 aromatic carbocycles. The van der Waals surface area contributed by atoms with E-state index in [9.17, 15) is 25.2 Å². The molecular formula is C30H50O5. The van der Waals surface area contributed by atoms with Crippen LogP contribution in [0.4, 0.5) is 0 Å². The van der Waals surface area contributed by atoms with Crippen LogP contribution in [0.1, 0.15) is 105 Å². The number of carbonyl (C=O) groups is 1. The van der Waals surface area contributed by atoms with Crippen molar-refractivity contribution in [2.45, 2.75) is 117 Å². The Morgan fingerprint density at radius 2 is 1.77 bits per heavy atom. The maximum atomic E-state index is 11.6. The highest BCUT2D eigenvalue weighted by molar-refractivity contribution is 5.67. The van der Waals surface area contributed by atoms with E-state index in [1.165, 1.54) is 19.3 Å². The predicted octanol–water partition coefficient (Wildman–Crippen LogP) is 5.57. The number of carboxylic acid groups (broad SMARTS) is 1. The van der Waals surface area contributed by atoms with E-state index in [2.05, 4.69) is 27.4 Å². The molecule has 4 saturated carbocycles. The maximum Gasteiger partial charge on any atom is 0.303 e. The van der Waals surface area contributed by atoms with Crippen molar-refractivity contribution in [3.05, 3.63) is 12.2 Å². The third-order valence-electron chi connectivity index (χ3n) is 12.4. The zero-order chi connectivity index (χ0) is 26.0. The minimum Gasteiger partial charge on any atom is -0.481 e. The van der Waals surface area contributed by atoms with Gasteiger partial charge in [0.2, 0.25) is 0 Å². The summed E-state index contributed by atoms with van der Waals surface area (Å²) in [6, 6.07) is 0. The number of rotatable bonds is 10. The summed E-state index contributed by atoms with van der Waals surface area (Å²) in [5, 5.41) is 40.0. The van der Waals surface area contributed by atoms with Crippen LogP contribution in [-0.2, 0) is 4.79 Å². The van der Waals surface area contributed by atoms with Crippen LogP contribution in [0.5, 0.6) is 0 Å². The van der Waals surface area contributed by atoms with Crippen LogP contribution in [0, 0.1) is 45.3 Å². The number of aliphatic hydroxyl groups excluding tert-OH is 2. The van der Waals surface area contributed by atoms with Crippen molar-refractivity contribution >= 4 is 5.97 Å². The fourth-order valence-electron chi connectivity index (χ4n) is 10.2. The second kappa shape index (κ2) is 8.84. The summed E-state index contributed by atoms with van der Waals surface area (Å²) in [6.07, 6.45) is 9.84. The first-order chi connectivity index (χ1) is 16.2. The molecule has 4 N–H and O–H groups in total. The molecule has 0 amide bonds. The highest BCUT2D eigenvalue weighted by Gasteiger charge is 2.80. The second-order valence-corrected chi connectivity index (χ2v) is 14.1. The lowest BCUT2D eigenvalue weighted by atomic mass is 9.43. The molecule has 0 bridgehead atoms. The topological polar surface area (TPSA) is 98.0 Å². The van der Waals surface area contributed by atoms with Gasteiger partial charge in [0.25, 0.3) is 0 Å². The molecule has 0 aromatic rings. The zero-order valence-electron chi connectivity index (χ0n) is 22.8. The Balaban J connectivity index is 1.57. The van der Waals surface area contributed by atoms with E-state index in [1.807, 2.05) is 0 Å². The van der Waals surface area contributed by atoms with Crippen molar-refractivity contribution < 1.29 is 25.2 Å².